The van der Waals surface area contributed by atoms with E-state index >= 15 is 0 Å². The zero-order valence-electron chi connectivity index (χ0n) is 15.5. The molecular weight excluding hydrogens is 322 g/mol. The summed E-state index contributed by atoms with van der Waals surface area (Å²) in [5.74, 6) is 0. The lowest BCUT2D eigenvalue weighted by Crippen LogP contribution is -2.49. The quantitative estimate of drug-likeness (QED) is 0.914. The Morgan fingerprint density at radius 3 is 2.46 bits per heavy atom. The molecule has 136 valence electrons. The van der Waals surface area contributed by atoms with Crippen LogP contribution in [0.2, 0.25) is 0 Å². The average Bonchev–Trinajstić information content (AvgIpc) is 3.12. The first kappa shape index (κ1) is 17.1. The van der Waals surface area contributed by atoms with Crippen LogP contribution in [0.15, 0.2) is 42.5 Å². The van der Waals surface area contributed by atoms with Crippen molar-refractivity contribution in [1.29, 1.82) is 0 Å². The number of aryl methyl sites for hydroxylation is 3. The number of rotatable bonds is 3. The topological polar surface area (TPSA) is 35.6 Å². The minimum absolute atomic E-state index is 0.0259. The Hall–Kier alpha value is -2.33. The van der Waals surface area contributed by atoms with E-state index in [2.05, 4.69) is 53.5 Å². The fourth-order valence-corrected chi connectivity index (χ4v) is 3.91. The van der Waals surface area contributed by atoms with E-state index in [0.29, 0.717) is 0 Å². The highest BCUT2D eigenvalue weighted by molar-refractivity contribution is 5.89. The molecular formula is C22H27N3O. The highest BCUT2D eigenvalue weighted by atomic mass is 16.2. The summed E-state index contributed by atoms with van der Waals surface area (Å²) in [6.45, 7) is 6.48. The number of nitrogens with zero attached hydrogens (tertiary/aromatic N) is 2. The number of benzene rings is 2. The van der Waals surface area contributed by atoms with Crippen LogP contribution >= 0.6 is 0 Å². The Labute approximate surface area is 155 Å². The van der Waals surface area contributed by atoms with Gasteiger partial charge in [0, 0.05) is 38.4 Å². The summed E-state index contributed by atoms with van der Waals surface area (Å²) in [6.07, 6.45) is 3.54. The van der Waals surface area contributed by atoms with Crippen molar-refractivity contribution in [2.75, 3.05) is 31.5 Å². The average molecular weight is 349 g/mol. The van der Waals surface area contributed by atoms with Gasteiger partial charge in [-0.2, -0.15) is 0 Å². The fourth-order valence-electron chi connectivity index (χ4n) is 3.91. The Balaban J connectivity index is 1.28. The van der Waals surface area contributed by atoms with Crippen LogP contribution in [0.3, 0.4) is 0 Å². The number of carbonyl (C=O) groups is 1. The molecule has 0 bridgehead atoms. The van der Waals surface area contributed by atoms with Gasteiger partial charge in [0.15, 0.2) is 0 Å². The molecule has 0 spiro atoms. The molecule has 0 unspecified atom stereocenters. The molecule has 4 rings (SSSR count). The van der Waals surface area contributed by atoms with E-state index in [4.69, 9.17) is 0 Å². The van der Waals surface area contributed by atoms with E-state index in [0.717, 1.165) is 44.8 Å². The van der Waals surface area contributed by atoms with Gasteiger partial charge in [0.1, 0.15) is 0 Å². The molecule has 1 fully saturated rings. The maximum Gasteiger partial charge on any atom is 0.321 e. The van der Waals surface area contributed by atoms with Crippen LogP contribution in [0.5, 0.6) is 0 Å². The standard InChI is InChI=1S/C22H27N3O/c1-17-5-7-18(8-6-17)16-24-11-13-25(14-12-24)22(26)23-21-10-9-19-3-2-4-20(19)15-21/h5-10,15H,2-4,11-14,16H2,1H3,(H,23,26). The Kier molecular flexibility index (Phi) is 4.93. The van der Waals surface area contributed by atoms with Crippen LogP contribution in [-0.2, 0) is 19.4 Å². The lowest BCUT2D eigenvalue weighted by atomic mass is 10.1. The molecule has 2 amide bonds. The molecule has 0 aromatic heterocycles. The molecule has 4 heteroatoms. The van der Waals surface area contributed by atoms with Gasteiger partial charge in [-0.15, -0.1) is 0 Å². The third kappa shape index (κ3) is 3.91. The highest BCUT2D eigenvalue weighted by Crippen LogP contribution is 2.25. The van der Waals surface area contributed by atoms with Crippen LogP contribution in [0.25, 0.3) is 0 Å². The maximum absolute atomic E-state index is 12.6. The molecule has 4 nitrogen and oxygen atoms in total. The van der Waals surface area contributed by atoms with Gasteiger partial charge < -0.3 is 10.2 Å². The molecule has 26 heavy (non-hydrogen) atoms. The number of amides is 2. The molecule has 1 saturated heterocycles. The fraction of sp³-hybridized carbons (Fsp3) is 0.409. The van der Waals surface area contributed by atoms with E-state index in [-0.39, 0.29) is 6.03 Å². The van der Waals surface area contributed by atoms with Crippen LogP contribution in [0, 0.1) is 6.92 Å². The number of anilines is 1. The van der Waals surface area contributed by atoms with Crippen molar-refractivity contribution < 1.29 is 4.79 Å². The number of hydrogen-bond acceptors (Lipinski definition) is 2. The number of carbonyl (C=O) groups excluding carboxylic acids is 1. The molecule has 2 aromatic rings. The second-order valence-corrected chi connectivity index (χ2v) is 7.52. The summed E-state index contributed by atoms with van der Waals surface area (Å²) >= 11 is 0. The van der Waals surface area contributed by atoms with Crippen LogP contribution in [0.1, 0.15) is 28.7 Å². The second kappa shape index (κ2) is 7.50. The first-order valence-electron chi connectivity index (χ1n) is 9.63. The Morgan fingerprint density at radius 2 is 1.69 bits per heavy atom. The predicted octanol–water partition coefficient (Wildman–Crippen LogP) is 3.83. The lowest BCUT2D eigenvalue weighted by molar-refractivity contribution is 0.143. The molecule has 1 heterocycles. The number of hydrogen-bond donors (Lipinski definition) is 1. The van der Waals surface area contributed by atoms with Gasteiger partial charge in [0.05, 0.1) is 0 Å². The van der Waals surface area contributed by atoms with E-state index in [9.17, 15) is 4.79 Å². The first-order chi connectivity index (χ1) is 12.7. The predicted molar refractivity (Wildman–Crippen MR) is 106 cm³/mol. The molecule has 0 atom stereocenters. The Bertz CT molecular complexity index is 776. The molecule has 2 aromatic carbocycles. The highest BCUT2D eigenvalue weighted by Gasteiger charge is 2.21. The van der Waals surface area contributed by atoms with Crippen LogP contribution in [-0.4, -0.2) is 42.0 Å². The lowest BCUT2D eigenvalue weighted by Gasteiger charge is -2.34. The summed E-state index contributed by atoms with van der Waals surface area (Å²) in [4.78, 5) is 16.9. The van der Waals surface area contributed by atoms with Gasteiger partial charge >= 0.3 is 6.03 Å². The van der Waals surface area contributed by atoms with E-state index in [1.165, 1.54) is 35.1 Å². The van der Waals surface area contributed by atoms with Crippen LogP contribution in [0.4, 0.5) is 10.5 Å². The van der Waals surface area contributed by atoms with Crippen molar-refractivity contribution in [3.63, 3.8) is 0 Å². The van der Waals surface area contributed by atoms with Gasteiger partial charge in [-0.1, -0.05) is 35.9 Å². The largest absolute Gasteiger partial charge is 0.322 e. The number of nitrogens with one attached hydrogen (secondary N) is 1. The second-order valence-electron chi connectivity index (χ2n) is 7.52. The van der Waals surface area contributed by atoms with Gasteiger partial charge in [0.25, 0.3) is 0 Å². The Morgan fingerprint density at radius 1 is 0.962 bits per heavy atom. The molecule has 1 aliphatic heterocycles. The van der Waals surface area contributed by atoms with Gasteiger partial charge in [-0.25, -0.2) is 4.79 Å². The zero-order chi connectivity index (χ0) is 17.9. The SMILES string of the molecule is Cc1ccc(CN2CCN(C(=O)Nc3ccc4c(c3)CCC4)CC2)cc1. The summed E-state index contributed by atoms with van der Waals surface area (Å²) in [5, 5.41) is 3.08. The van der Waals surface area contributed by atoms with Crippen molar-refractivity contribution in [2.45, 2.75) is 32.7 Å². The van der Waals surface area contributed by atoms with Crippen molar-refractivity contribution >= 4 is 11.7 Å². The van der Waals surface area contributed by atoms with E-state index in [1.54, 1.807) is 0 Å². The molecule has 2 aliphatic rings. The van der Waals surface area contributed by atoms with Crippen molar-refractivity contribution in [3.05, 3.63) is 64.7 Å². The van der Waals surface area contributed by atoms with Crippen LogP contribution < -0.4 is 5.32 Å². The van der Waals surface area contributed by atoms with Crippen molar-refractivity contribution in [2.24, 2.45) is 0 Å². The zero-order valence-corrected chi connectivity index (χ0v) is 15.5. The summed E-state index contributed by atoms with van der Waals surface area (Å²) in [7, 11) is 0. The van der Waals surface area contributed by atoms with Gasteiger partial charge in [-0.3, -0.25) is 4.90 Å². The van der Waals surface area contributed by atoms with E-state index in [1.807, 2.05) is 11.0 Å². The third-order valence-corrected chi connectivity index (χ3v) is 5.54. The number of fused-ring (bicyclic) bond motifs is 1. The van der Waals surface area contributed by atoms with Gasteiger partial charge in [-0.05, 0) is 55.0 Å². The molecule has 0 radical (unpaired) electrons. The van der Waals surface area contributed by atoms with Crippen molar-refractivity contribution in [3.8, 4) is 0 Å². The van der Waals surface area contributed by atoms with E-state index < -0.39 is 0 Å². The minimum Gasteiger partial charge on any atom is -0.322 e. The molecule has 0 saturated carbocycles. The minimum atomic E-state index is 0.0259. The summed E-state index contributed by atoms with van der Waals surface area (Å²) in [5.41, 5.74) is 6.39. The number of piperazine rings is 1. The smallest absolute Gasteiger partial charge is 0.321 e. The number of urea groups is 1. The maximum atomic E-state index is 12.6. The summed E-state index contributed by atoms with van der Waals surface area (Å²) in [6, 6.07) is 15.1. The normalized spacial score (nSPS) is 17.2. The van der Waals surface area contributed by atoms with Crippen molar-refractivity contribution in [1.82, 2.24) is 9.80 Å². The third-order valence-electron chi connectivity index (χ3n) is 5.54. The monoisotopic (exact) mass is 349 g/mol. The van der Waals surface area contributed by atoms with Gasteiger partial charge in [0.2, 0.25) is 0 Å². The summed E-state index contributed by atoms with van der Waals surface area (Å²) < 4.78 is 0. The molecule has 1 aliphatic carbocycles. The first-order valence-corrected chi connectivity index (χ1v) is 9.63. The molecule has 1 N–H and O–H groups in total.